The van der Waals surface area contributed by atoms with E-state index in [1.165, 1.54) is 7.11 Å². The summed E-state index contributed by atoms with van der Waals surface area (Å²) in [6.07, 6.45) is -0.844. The minimum absolute atomic E-state index is 0.499. The molecule has 0 aliphatic rings. The second-order valence-corrected chi connectivity index (χ2v) is 2.47. The Bertz CT molecular complexity index is 293. The standard InChI is InChI=1S/C8H10BNO4/c1-13-10-8(11)14-9(12)7-5-3-2-4-6-7/h2-6,12H,1H3,(H,10,11). The van der Waals surface area contributed by atoms with E-state index in [0.717, 1.165) is 0 Å². The fraction of sp³-hybridized carbons (Fsp3) is 0.125. The Hall–Kier alpha value is -1.53. The molecule has 2 N–H and O–H groups in total. The lowest BCUT2D eigenvalue weighted by Crippen LogP contribution is -2.39. The van der Waals surface area contributed by atoms with Gasteiger partial charge in [-0.1, -0.05) is 30.3 Å². The normalized spacial score (nSPS) is 9.29. The van der Waals surface area contributed by atoms with Crippen LogP contribution in [0.4, 0.5) is 4.79 Å². The van der Waals surface area contributed by atoms with Crippen LogP contribution in [0.25, 0.3) is 0 Å². The van der Waals surface area contributed by atoms with Gasteiger partial charge in [0.15, 0.2) is 0 Å². The maximum atomic E-state index is 10.8. The van der Waals surface area contributed by atoms with Crippen molar-refractivity contribution >= 4 is 18.7 Å². The predicted molar refractivity (Wildman–Crippen MR) is 50.7 cm³/mol. The molecule has 5 nitrogen and oxygen atoms in total. The predicted octanol–water partition coefficient (Wildman–Crippen LogP) is -0.338. The molecule has 74 valence electrons. The molecule has 0 spiro atoms. The number of amides is 1. The summed E-state index contributed by atoms with van der Waals surface area (Å²) < 4.78 is 4.56. The van der Waals surface area contributed by atoms with E-state index < -0.39 is 13.2 Å². The average molecular weight is 195 g/mol. The Morgan fingerprint density at radius 3 is 2.64 bits per heavy atom. The smallest absolute Gasteiger partial charge is 0.487 e. The van der Waals surface area contributed by atoms with E-state index in [9.17, 15) is 9.82 Å². The van der Waals surface area contributed by atoms with E-state index in [1.54, 1.807) is 30.3 Å². The van der Waals surface area contributed by atoms with Crippen LogP contribution in [0.1, 0.15) is 0 Å². The summed E-state index contributed by atoms with van der Waals surface area (Å²) in [5, 5.41) is 9.38. The van der Waals surface area contributed by atoms with Gasteiger partial charge in [0.25, 0.3) is 0 Å². The second kappa shape index (κ2) is 5.26. The number of hydroxylamine groups is 1. The number of hydrogen-bond donors (Lipinski definition) is 2. The Kier molecular flexibility index (Phi) is 3.96. The van der Waals surface area contributed by atoms with Crippen LogP contribution in [0, 0.1) is 0 Å². The summed E-state index contributed by atoms with van der Waals surface area (Å²) >= 11 is 0. The lowest BCUT2D eigenvalue weighted by Gasteiger charge is -2.07. The number of carbonyl (C=O) groups is 1. The molecule has 0 radical (unpaired) electrons. The molecule has 6 heteroatoms. The zero-order valence-electron chi connectivity index (χ0n) is 7.64. The summed E-state index contributed by atoms with van der Waals surface area (Å²) in [6.45, 7) is 0. The van der Waals surface area contributed by atoms with E-state index in [2.05, 4.69) is 9.49 Å². The highest BCUT2D eigenvalue weighted by atomic mass is 16.7. The molecule has 0 heterocycles. The van der Waals surface area contributed by atoms with Crippen molar-refractivity contribution in [1.29, 1.82) is 0 Å². The van der Waals surface area contributed by atoms with Crippen LogP contribution in [0.5, 0.6) is 0 Å². The van der Waals surface area contributed by atoms with Gasteiger partial charge in [-0.3, -0.25) is 4.84 Å². The molecule has 0 saturated carbocycles. The molecule has 0 bridgehead atoms. The lowest BCUT2D eigenvalue weighted by molar-refractivity contribution is 0.0816. The number of nitrogens with one attached hydrogen (secondary N) is 1. The average Bonchev–Trinajstić information content (AvgIpc) is 2.19. The van der Waals surface area contributed by atoms with Crippen molar-refractivity contribution in [2.45, 2.75) is 0 Å². The summed E-state index contributed by atoms with van der Waals surface area (Å²) in [4.78, 5) is 15.1. The summed E-state index contributed by atoms with van der Waals surface area (Å²) in [6, 6.07) is 8.55. The fourth-order valence-electron chi connectivity index (χ4n) is 0.894. The molecule has 0 atom stereocenters. The van der Waals surface area contributed by atoms with Crippen LogP contribution >= 0.6 is 0 Å². The van der Waals surface area contributed by atoms with Gasteiger partial charge in [0.1, 0.15) is 0 Å². The molecule has 0 aromatic heterocycles. The highest BCUT2D eigenvalue weighted by molar-refractivity contribution is 6.61. The molecule has 1 rings (SSSR count). The van der Waals surface area contributed by atoms with Crippen molar-refractivity contribution in [3.8, 4) is 0 Å². The minimum atomic E-state index is -1.29. The highest BCUT2D eigenvalue weighted by Crippen LogP contribution is 1.88. The van der Waals surface area contributed by atoms with Crippen molar-refractivity contribution < 1.29 is 19.3 Å². The molecular formula is C8H10BNO4. The van der Waals surface area contributed by atoms with Gasteiger partial charge in [-0.05, 0) is 5.46 Å². The van der Waals surface area contributed by atoms with E-state index in [0.29, 0.717) is 5.46 Å². The Morgan fingerprint density at radius 1 is 1.43 bits per heavy atom. The molecule has 0 saturated heterocycles. The quantitative estimate of drug-likeness (QED) is 0.511. The van der Waals surface area contributed by atoms with Crippen LogP contribution in [0.3, 0.4) is 0 Å². The fourth-order valence-corrected chi connectivity index (χ4v) is 0.894. The summed E-state index contributed by atoms with van der Waals surface area (Å²) in [7, 11) is -0.0118. The number of hydrogen-bond acceptors (Lipinski definition) is 4. The highest BCUT2D eigenvalue weighted by Gasteiger charge is 2.20. The molecule has 0 unspecified atom stereocenters. The zero-order valence-corrected chi connectivity index (χ0v) is 7.64. The first-order valence-electron chi connectivity index (χ1n) is 3.96. The van der Waals surface area contributed by atoms with Crippen LogP contribution in [0.15, 0.2) is 30.3 Å². The Labute approximate surface area is 81.7 Å². The molecular weight excluding hydrogens is 185 g/mol. The zero-order chi connectivity index (χ0) is 10.4. The first-order valence-corrected chi connectivity index (χ1v) is 3.96. The van der Waals surface area contributed by atoms with Crippen LogP contribution in [-0.4, -0.2) is 25.3 Å². The molecule has 14 heavy (non-hydrogen) atoms. The maximum absolute atomic E-state index is 10.8. The van der Waals surface area contributed by atoms with Crippen LogP contribution < -0.4 is 10.9 Å². The monoisotopic (exact) mass is 195 g/mol. The largest absolute Gasteiger partial charge is 0.563 e. The second-order valence-electron chi connectivity index (χ2n) is 2.47. The van der Waals surface area contributed by atoms with Crippen LogP contribution in [0.2, 0.25) is 0 Å². The molecule has 1 amide bonds. The van der Waals surface area contributed by atoms with Crippen molar-refractivity contribution in [2.75, 3.05) is 7.11 Å². The van der Waals surface area contributed by atoms with E-state index >= 15 is 0 Å². The van der Waals surface area contributed by atoms with Gasteiger partial charge in [0, 0.05) is 0 Å². The van der Waals surface area contributed by atoms with Gasteiger partial charge in [-0.2, -0.15) is 0 Å². The van der Waals surface area contributed by atoms with E-state index in [4.69, 9.17) is 0 Å². The molecule has 0 aliphatic carbocycles. The van der Waals surface area contributed by atoms with Crippen molar-refractivity contribution in [3.63, 3.8) is 0 Å². The van der Waals surface area contributed by atoms with E-state index in [1.807, 2.05) is 5.48 Å². The summed E-state index contributed by atoms with van der Waals surface area (Å²) in [5.41, 5.74) is 2.42. The van der Waals surface area contributed by atoms with Gasteiger partial charge in [-0.25, -0.2) is 10.3 Å². The Balaban J connectivity index is 2.50. The number of rotatable bonds is 3. The third-order valence-corrected chi connectivity index (χ3v) is 1.49. The van der Waals surface area contributed by atoms with Crippen molar-refractivity contribution in [3.05, 3.63) is 30.3 Å². The van der Waals surface area contributed by atoms with Gasteiger partial charge < -0.3 is 9.68 Å². The van der Waals surface area contributed by atoms with E-state index in [-0.39, 0.29) is 0 Å². The lowest BCUT2D eigenvalue weighted by atomic mass is 9.80. The van der Waals surface area contributed by atoms with Gasteiger partial charge in [0.2, 0.25) is 0 Å². The number of benzene rings is 1. The van der Waals surface area contributed by atoms with Crippen molar-refractivity contribution in [2.24, 2.45) is 0 Å². The molecule has 0 aliphatic heterocycles. The number of carbonyl (C=O) groups excluding carboxylic acids is 1. The SMILES string of the molecule is CONC(=O)OB(O)c1ccccc1. The first kappa shape index (κ1) is 10.6. The van der Waals surface area contributed by atoms with Gasteiger partial charge in [0.05, 0.1) is 7.11 Å². The third-order valence-electron chi connectivity index (χ3n) is 1.49. The first-order chi connectivity index (χ1) is 6.74. The topological polar surface area (TPSA) is 67.8 Å². The Morgan fingerprint density at radius 2 is 2.07 bits per heavy atom. The molecule has 0 fully saturated rings. The van der Waals surface area contributed by atoms with Gasteiger partial charge >= 0.3 is 13.2 Å². The van der Waals surface area contributed by atoms with Gasteiger partial charge in [-0.15, -0.1) is 0 Å². The van der Waals surface area contributed by atoms with Crippen molar-refractivity contribution in [1.82, 2.24) is 5.48 Å². The molecule has 1 aromatic carbocycles. The maximum Gasteiger partial charge on any atom is 0.563 e. The molecule has 1 aromatic rings. The third kappa shape index (κ3) is 3.08. The minimum Gasteiger partial charge on any atom is -0.487 e. The van der Waals surface area contributed by atoms with Crippen LogP contribution in [-0.2, 0) is 9.49 Å². The summed E-state index contributed by atoms with van der Waals surface area (Å²) in [5.74, 6) is 0.